The van der Waals surface area contributed by atoms with Gasteiger partial charge in [-0.05, 0) is 42.9 Å². The highest BCUT2D eigenvalue weighted by atomic mass is 79.9. The summed E-state index contributed by atoms with van der Waals surface area (Å²) < 4.78 is 6.26. The molecule has 0 spiro atoms. The quantitative estimate of drug-likeness (QED) is 0.461. The van der Waals surface area contributed by atoms with E-state index < -0.39 is 0 Å². The number of benzene rings is 1. The second-order valence-corrected chi connectivity index (χ2v) is 7.16. The summed E-state index contributed by atoms with van der Waals surface area (Å²) in [6.07, 6.45) is 4.85. The van der Waals surface area contributed by atoms with Gasteiger partial charge in [-0.1, -0.05) is 68.6 Å². The van der Waals surface area contributed by atoms with E-state index in [1.165, 1.54) is 36.8 Å². The van der Waals surface area contributed by atoms with E-state index in [4.69, 9.17) is 4.74 Å². The highest BCUT2D eigenvalue weighted by Gasteiger charge is 2.28. The van der Waals surface area contributed by atoms with Crippen molar-refractivity contribution in [2.45, 2.75) is 66.2 Å². The fourth-order valence-electron chi connectivity index (χ4n) is 2.86. The average Bonchev–Trinajstić information content (AvgIpc) is 2.46. The zero-order valence-electron chi connectivity index (χ0n) is 14.3. The molecule has 0 aliphatic carbocycles. The van der Waals surface area contributed by atoms with E-state index >= 15 is 0 Å². The lowest BCUT2D eigenvalue weighted by Crippen LogP contribution is -2.30. The standard InChI is InChI=1S/C19H31BrO/c1-6-10-19(13-20,11-7-2)14-21-18-12-17(15(3)4)9-8-16(18)5/h8-9,12,15H,6-7,10-11,13-14H2,1-5H3. The molecule has 0 bridgehead atoms. The van der Waals surface area contributed by atoms with Crippen molar-refractivity contribution in [3.8, 4) is 5.75 Å². The molecule has 1 aromatic carbocycles. The van der Waals surface area contributed by atoms with Crippen LogP contribution in [0.5, 0.6) is 5.75 Å². The second-order valence-electron chi connectivity index (χ2n) is 6.60. The summed E-state index contributed by atoms with van der Waals surface area (Å²) >= 11 is 3.72. The topological polar surface area (TPSA) is 9.23 Å². The molecule has 0 heterocycles. The molecule has 2 heteroatoms. The molecular formula is C19H31BrO. The van der Waals surface area contributed by atoms with Crippen molar-refractivity contribution >= 4 is 15.9 Å². The molecule has 0 atom stereocenters. The smallest absolute Gasteiger partial charge is 0.122 e. The van der Waals surface area contributed by atoms with Crippen LogP contribution in [0, 0.1) is 12.3 Å². The third kappa shape index (κ3) is 5.32. The zero-order valence-corrected chi connectivity index (χ0v) is 15.9. The van der Waals surface area contributed by atoms with Gasteiger partial charge in [0.2, 0.25) is 0 Å². The van der Waals surface area contributed by atoms with Crippen molar-refractivity contribution in [2.24, 2.45) is 5.41 Å². The van der Waals surface area contributed by atoms with Crippen molar-refractivity contribution in [1.82, 2.24) is 0 Å². The Labute approximate surface area is 139 Å². The van der Waals surface area contributed by atoms with Gasteiger partial charge in [0.25, 0.3) is 0 Å². The molecule has 0 radical (unpaired) electrons. The van der Waals surface area contributed by atoms with Crippen LogP contribution in [0.1, 0.15) is 70.4 Å². The van der Waals surface area contributed by atoms with Crippen LogP contribution in [0.25, 0.3) is 0 Å². The lowest BCUT2D eigenvalue weighted by Gasteiger charge is -2.32. The Morgan fingerprint density at radius 1 is 1.14 bits per heavy atom. The van der Waals surface area contributed by atoms with Gasteiger partial charge in [0.05, 0.1) is 6.61 Å². The molecule has 1 aromatic rings. The molecule has 0 aliphatic rings. The second kappa shape index (κ2) is 8.82. The van der Waals surface area contributed by atoms with Gasteiger partial charge in [-0.2, -0.15) is 0 Å². The lowest BCUT2D eigenvalue weighted by molar-refractivity contribution is 0.144. The van der Waals surface area contributed by atoms with Gasteiger partial charge in [0.1, 0.15) is 5.75 Å². The molecule has 1 nitrogen and oxygen atoms in total. The fourth-order valence-corrected chi connectivity index (χ4v) is 3.59. The van der Waals surface area contributed by atoms with Crippen LogP contribution in [0.4, 0.5) is 0 Å². The van der Waals surface area contributed by atoms with Gasteiger partial charge >= 0.3 is 0 Å². The minimum Gasteiger partial charge on any atom is -0.493 e. The monoisotopic (exact) mass is 354 g/mol. The number of alkyl halides is 1. The molecule has 21 heavy (non-hydrogen) atoms. The molecule has 0 aromatic heterocycles. The summed E-state index contributed by atoms with van der Waals surface area (Å²) in [6, 6.07) is 6.61. The number of hydrogen-bond donors (Lipinski definition) is 0. The predicted octanol–water partition coefficient (Wildman–Crippen LogP) is 6.48. The van der Waals surface area contributed by atoms with E-state index in [2.05, 4.69) is 68.7 Å². The molecule has 1 rings (SSSR count). The largest absolute Gasteiger partial charge is 0.493 e. The van der Waals surface area contributed by atoms with E-state index in [0.29, 0.717) is 5.92 Å². The van der Waals surface area contributed by atoms with Crippen molar-refractivity contribution in [1.29, 1.82) is 0 Å². The summed E-state index contributed by atoms with van der Waals surface area (Å²) in [5.74, 6) is 1.60. The summed E-state index contributed by atoms with van der Waals surface area (Å²) in [4.78, 5) is 0. The summed E-state index contributed by atoms with van der Waals surface area (Å²) in [6.45, 7) is 11.9. The SMILES string of the molecule is CCCC(CBr)(CCC)COc1cc(C(C)C)ccc1C. The first-order chi connectivity index (χ1) is 9.98. The first-order valence-electron chi connectivity index (χ1n) is 8.27. The highest BCUT2D eigenvalue weighted by molar-refractivity contribution is 9.09. The fraction of sp³-hybridized carbons (Fsp3) is 0.684. The van der Waals surface area contributed by atoms with E-state index in [1.807, 2.05) is 0 Å². The van der Waals surface area contributed by atoms with Crippen LogP contribution in [0.15, 0.2) is 18.2 Å². The first kappa shape index (κ1) is 18.5. The minimum absolute atomic E-state index is 0.268. The Balaban J connectivity index is 2.86. The van der Waals surface area contributed by atoms with Gasteiger partial charge in [-0.3, -0.25) is 0 Å². The van der Waals surface area contributed by atoms with Gasteiger partial charge < -0.3 is 4.74 Å². The number of halogens is 1. The summed E-state index contributed by atoms with van der Waals surface area (Å²) in [5.41, 5.74) is 2.85. The zero-order chi connectivity index (χ0) is 15.9. The Kier molecular flexibility index (Phi) is 7.79. The van der Waals surface area contributed by atoms with Crippen molar-refractivity contribution in [3.05, 3.63) is 29.3 Å². The molecule has 0 saturated heterocycles. The van der Waals surface area contributed by atoms with E-state index in [1.54, 1.807) is 0 Å². The van der Waals surface area contributed by atoms with Gasteiger partial charge in [-0.25, -0.2) is 0 Å². The molecule has 120 valence electrons. The Morgan fingerprint density at radius 2 is 1.76 bits per heavy atom. The van der Waals surface area contributed by atoms with Crippen LogP contribution >= 0.6 is 15.9 Å². The maximum absolute atomic E-state index is 6.26. The van der Waals surface area contributed by atoms with E-state index in [0.717, 1.165) is 17.7 Å². The Hall–Kier alpha value is -0.500. The number of rotatable bonds is 9. The predicted molar refractivity (Wildman–Crippen MR) is 96.8 cm³/mol. The molecule has 0 saturated carbocycles. The minimum atomic E-state index is 0.268. The van der Waals surface area contributed by atoms with Crippen LogP contribution in [-0.4, -0.2) is 11.9 Å². The number of hydrogen-bond acceptors (Lipinski definition) is 1. The number of ether oxygens (including phenoxy) is 1. The molecule has 0 unspecified atom stereocenters. The third-order valence-corrected chi connectivity index (χ3v) is 5.45. The highest BCUT2D eigenvalue weighted by Crippen LogP contribution is 2.34. The van der Waals surface area contributed by atoms with Crippen LogP contribution in [0.2, 0.25) is 0 Å². The number of aryl methyl sites for hydroxylation is 1. The van der Waals surface area contributed by atoms with E-state index in [-0.39, 0.29) is 5.41 Å². The van der Waals surface area contributed by atoms with Gasteiger partial charge in [0.15, 0.2) is 0 Å². The third-order valence-electron chi connectivity index (χ3n) is 4.26. The lowest BCUT2D eigenvalue weighted by atomic mass is 9.82. The summed E-state index contributed by atoms with van der Waals surface area (Å²) in [5, 5.41) is 1.02. The maximum Gasteiger partial charge on any atom is 0.122 e. The van der Waals surface area contributed by atoms with Crippen molar-refractivity contribution < 1.29 is 4.74 Å². The first-order valence-corrected chi connectivity index (χ1v) is 9.39. The average molecular weight is 355 g/mol. The van der Waals surface area contributed by atoms with Crippen molar-refractivity contribution in [3.63, 3.8) is 0 Å². The maximum atomic E-state index is 6.26. The van der Waals surface area contributed by atoms with Crippen LogP contribution in [0.3, 0.4) is 0 Å². The van der Waals surface area contributed by atoms with E-state index in [9.17, 15) is 0 Å². The van der Waals surface area contributed by atoms with Crippen LogP contribution in [-0.2, 0) is 0 Å². The van der Waals surface area contributed by atoms with Gasteiger partial charge in [0, 0.05) is 10.7 Å². The van der Waals surface area contributed by atoms with Crippen molar-refractivity contribution in [2.75, 3.05) is 11.9 Å². The molecule has 0 N–H and O–H groups in total. The van der Waals surface area contributed by atoms with Crippen LogP contribution < -0.4 is 4.74 Å². The molecule has 0 amide bonds. The van der Waals surface area contributed by atoms with Gasteiger partial charge in [-0.15, -0.1) is 0 Å². The molecular weight excluding hydrogens is 324 g/mol. The Morgan fingerprint density at radius 3 is 2.24 bits per heavy atom. The molecule has 0 aliphatic heterocycles. The summed E-state index contributed by atoms with van der Waals surface area (Å²) in [7, 11) is 0. The normalized spacial score (nSPS) is 12.0. The Bertz CT molecular complexity index is 420. The molecule has 0 fully saturated rings.